The molecule has 0 fully saturated rings. The third-order valence-electron chi connectivity index (χ3n) is 3.39. The number of hydrogen-bond donors (Lipinski definition) is 2. The quantitative estimate of drug-likeness (QED) is 0.516. The van der Waals surface area contributed by atoms with Gasteiger partial charge in [0.2, 0.25) is 0 Å². The van der Waals surface area contributed by atoms with Crippen molar-refractivity contribution in [1.29, 1.82) is 0 Å². The van der Waals surface area contributed by atoms with Crippen molar-refractivity contribution < 1.29 is 28.9 Å². The zero-order valence-corrected chi connectivity index (χ0v) is 15.0. The fourth-order valence-corrected chi connectivity index (χ4v) is 2.02. The van der Waals surface area contributed by atoms with Crippen LogP contribution >= 0.6 is 0 Å². The summed E-state index contributed by atoms with van der Waals surface area (Å²) < 4.78 is 15.5. The Morgan fingerprint density at radius 3 is 2.33 bits per heavy atom. The molecule has 0 saturated carbocycles. The van der Waals surface area contributed by atoms with E-state index in [4.69, 9.17) is 19.3 Å². The van der Waals surface area contributed by atoms with Gasteiger partial charge in [-0.2, -0.15) is 5.10 Å². The zero-order chi connectivity index (χ0) is 19.6. The highest BCUT2D eigenvalue weighted by Gasteiger charge is 2.05. The molecule has 0 aliphatic rings. The molecule has 8 nitrogen and oxygen atoms in total. The molecule has 0 atom stereocenters. The number of carbonyl (C=O) groups excluding carboxylic acids is 1. The van der Waals surface area contributed by atoms with Gasteiger partial charge in [0.25, 0.3) is 5.91 Å². The maximum atomic E-state index is 11.9. The second kappa shape index (κ2) is 9.81. The third-order valence-corrected chi connectivity index (χ3v) is 3.39. The summed E-state index contributed by atoms with van der Waals surface area (Å²) in [5.41, 5.74) is 3.63. The molecule has 0 unspecified atom stereocenters. The number of nitrogens with zero attached hydrogens (tertiary/aromatic N) is 1. The Balaban J connectivity index is 1.87. The number of hydrazone groups is 1. The molecular weight excluding hydrogens is 352 g/mol. The number of amides is 1. The first-order chi connectivity index (χ1) is 13.0. The molecule has 142 valence electrons. The zero-order valence-electron chi connectivity index (χ0n) is 15.0. The van der Waals surface area contributed by atoms with Gasteiger partial charge < -0.3 is 19.3 Å². The summed E-state index contributed by atoms with van der Waals surface area (Å²) >= 11 is 0. The molecule has 0 radical (unpaired) electrons. The second-order valence-corrected chi connectivity index (χ2v) is 5.41. The molecule has 0 aromatic heterocycles. The number of carboxylic acids is 1. The summed E-state index contributed by atoms with van der Waals surface area (Å²) in [6, 6.07) is 13.6. The Bertz CT molecular complexity index is 817. The van der Waals surface area contributed by atoms with E-state index in [1.54, 1.807) is 62.6 Å². The molecule has 0 bridgehead atoms. The van der Waals surface area contributed by atoms with E-state index in [1.807, 2.05) is 0 Å². The Kier molecular flexibility index (Phi) is 7.18. The Hall–Kier alpha value is -3.55. The average Bonchev–Trinajstić information content (AvgIpc) is 2.69. The molecule has 8 heteroatoms. The van der Waals surface area contributed by atoms with Crippen LogP contribution in [0.3, 0.4) is 0 Å². The van der Waals surface area contributed by atoms with E-state index in [9.17, 15) is 9.59 Å². The van der Waals surface area contributed by atoms with Gasteiger partial charge >= 0.3 is 5.97 Å². The van der Waals surface area contributed by atoms with Gasteiger partial charge in [-0.15, -0.1) is 0 Å². The van der Waals surface area contributed by atoms with Crippen LogP contribution in [0.4, 0.5) is 0 Å². The third kappa shape index (κ3) is 6.69. The SMILES string of the molecule is COc1ccc(OCC(=O)N/N=C(/C)c2cccc(OCC(=O)O)c2)cc1. The lowest BCUT2D eigenvalue weighted by Crippen LogP contribution is -2.25. The van der Waals surface area contributed by atoms with E-state index in [1.165, 1.54) is 0 Å². The van der Waals surface area contributed by atoms with Gasteiger partial charge in [-0.25, -0.2) is 10.2 Å². The first kappa shape index (κ1) is 19.8. The number of rotatable bonds is 9. The van der Waals surface area contributed by atoms with Crippen molar-refractivity contribution in [3.05, 3.63) is 54.1 Å². The predicted molar refractivity (Wildman–Crippen MR) is 98.4 cm³/mol. The van der Waals surface area contributed by atoms with E-state index >= 15 is 0 Å². The predicted octanol–water partition coefficient (Wildman–Crippen LogP) is 2.08. The number of nitrogens with one attached hydrogen (secondary N) is 1. The fraction of sp³-hybridized carbons (Fsp3) is 0.211. The van der Waals surface area contributed by atoms with Gasteiger partial charge in [0.15, 0.2) is 13.2 Å². The van der Waals surface area contributed by atoms with Crippen LogP contribution in [-0.2, 0) is 9.59 Å². The molecule has 0 heterocycles. The first-order valence-corrected chi connectivity index (χ1v) is 8.03. The standard InChI is InChI=1S/C19H20N2O6/c1-13(14-4-3-5-17(10-14)27-12-19(23)24)20-21-18(22)11-26-16-8-6-15(25-2)7-9-16/h3-10H,11-12H2,1-2H3,(H,21,22)(H,23,24)/b20-13-. The van der Waals surface area contributed by atoms with Gasteiger partial charge in [0, 0.05) is 5.56 Å². The van der Waals surface area contributed by atoms with Crippen LogP contribution in [0.2, 0.25) is 0 Å². The molecule has 0 spiro atoms. The minimum atomic E-state index is -1.06. The van der Waals surface area contributed by atoms with E-state index in [0.29, 0.717) is 28.5 Å². The molecule has 0 saturated heterocycles. The number of ether oxygens (including phenoxy) is 3. The lowest BCUT2D eigenvalue weighted by molar-refractivity contribution is -0.139. The molecule has 0 aliphatic carbocycles. The van der Waals surface area contributed by atoms with Crippen LogP contribution in [-0.4, -0.2) is 43.0 Å². The normalized spacial score (nSPS) is 10.8. The van der Waals surface area contributed by atoms with Gasteiger partial charge in [-0.05, 0) is 43.3 Å². The molecule has 2 rings (SSSR count). The average molecular weight is 372 g/mol. The molecule has 27 heavy (non-hydrogen) atoms. The van der Waals surface area contributed by atoms with E-state index in [0.717, 1.165) is 0 Å². The van der Waals surface area contributed by atoms with E-state index in [-0.39, 0.29) is 6.61 Å². The smallest absolute Gasteiger partial charge is 0.341 e. The number of carbonyl (C=O) groups is 2. The monoisotopic (exact) mass is 372 g/mol. The highest BCUT2D eigenvalue weighted by molar-refractivity contribution is 5.99. The van der Waals surface area contributed by atoms with Crippen molar-refractivity contribution in [2.24, 2.45) is 5.10 Å². The van der Waals surface area contributed by atoms with Crippen LogP contribution in [0.25, 0.3) is 0 Å². The van der Waals surface area contributed by atoms with Gasteiger partial charge in [-0.1, -0.05) is 12.1 Å². The molecule has 0 aliphatic heterocycles. The highest BCUT2D eigenvalue weighted by atomic mass is 16.5. The number of carboxylic acid groups (broad SMARTS) is 1. The Morgan fingerprint density at radius 1 is 1.00 bits per heavy atom. The van der Waals surface area contributed by atoms with Crippen LogP contribution in [0, 0.1) is 0 Å². The van der Waals surface area contributed by atoms with Gasteiger partial charge in [-0.3, -0.25) is 4.79 Å². The van der Waals surface area contributed by atoms with Crippen LogP contribution < -0.4 is 19.6 Å². The number of methoxy groups -OCH3 is 1. The molecule has 2 N–H and O–H groups in total. The number of hydrogen-bond acceptors (Lipinski definition) is 6. The minimum absolute atomic E-state index is 0.190. The van der Waals surface area contributed by atoms with E-state index in [2.05, 4.69) is 10.5 Å². The van der Waals surface area contributed by atoms with Crippen molar-refractivity contribution in [1.82, 2.24) is 5.43 Å². The molecular formula is C19H20N2O6. The summed E-state index contributed by atoms with van der Waals surface area (Å²) in [6.45, 7) is 1.09. The topological polar surface area (TPSA) is 106 Å². The summed E-state index contributed by atoms with van der Waals surface area (Å²) in [6.07, 6.45) is 0. The van der Waals surface area contributed by atoms with Crippen LogP contribution in [0.15, 0.2) is 53.6 Å². The van der Waals surface area contributed by atoms with Gasteiger partial charge in [0.1, 0.15) is 17.2 Å². The number of aliphatic carboxylic acids is 1. The second-order valence-electron chi connectivity index (χ2n) is 5.41. The summed E-state index contributed by atoms with van der Waals surface area (Å²) in [7, 11) is 1.57. The van der Waals surface area contributed by atoms with Crippen molar-refractivity contribution in [2.45, 2.75) is 6.92 Å². The maximum absolute atomic E-state index is 11.9. The lowest BCUT2D eigenvalue weighted by atomic mass is 10.1. The Labute approximate surface area is 156 Å². The maximum Gasteiger partial charge on any atom is 0.341 e. The van der Waals surface area contributed by atoms with Crippen LogP contribution in [0.1, 0.15) is 12.5 Å². The summed E-state index contributed by atoms with van der Waals surface area (Å²) in [4.78, 5) is 22.4. The van der Waals surface area contributed by atoms with Crippen LogP contribution in [0.5, 0.6) is 17.2 Å². The largest absolute Gasteiger partial charge is 0.497 e. The molecule has 1 amide bonds. The van der Waals surface area contributed by atoms with Crippen molar-refractivity contribution in [3.63, 3.8) is 0 Å². The van der Waals surface area contributed by atoms with E-state index < -0.39 is 18.5 Å². The molecule has 2 aromatic carbocycles. The summed E-state index contributed by atoms with van der Waals surface area (Å²) in [5, 5.41) is 12.7. The van der Waals surface area contributed by atoms with Crippen molar-refractivity contribution >= 4 is 17.6 Å². The first-order valence-electron chi connectivity index (χ1n) is 8.03. The molecule has 2 aromatic rings. The van der Waals surface area contributed by atoms with Crippen molar-refractivity contribution in [2.75, 3.05) is 20.3 Å². The van der Waals surface area contributed by atoms with Gasteiger partial charge in [0.05, 0.1) is 12.8 Å². The highest BCUT2D eigenvalue weighted by Crippen LogP contribution is 2.17. The van der Waals surface area contributed by atoms with Crippen molar-refractivity contribution in [3.8, 4) is 17.2 Å². The Morgan fingerprint density at radius 2 is 1.67 bits per heavy atom. The lowest BCUT2D eigenvalue weighted by Gasteiger charge is -2.08. The minimum Gasteiger partial charge on any atom is -0.497 e. The summed E-state index contributed by atoms with van der Waals surface area (Å²) in [5.74, 6) is 0.161. The number of benzene rings is 2. The fourth-order valence-electron chi connectivity index (χ4n) is 2.02.